The highest BCUT2D eigenvalue weighted by Gasteiger charge is 2.23. The van der Waals surface area contributed by atoms with Gasteiger partial charge in [-0.3, -0.25) is 0 Å². The van der Waals surface area contributed by atoms with Gasteiger partial charge < -0.3 is 15.0 Å². The van der Waals surface area contributed by atoms with E-state index in [0.29, 0.717) is 12.0 Å². The van der Waals surface area contributed by atoms with Crippen molar-refractivity contribution in [2.75, 3.05) is 32.8 Å². The maximum atomic E-state index is 6.08. The number of hydrogen-bond donors (Lipinski definition) is 1. The predicted molar refractivity (Wildman–Crippen MR) is 75.9 cm³/mol. The van der Waals surface area contributed by atoms with Crippen LogP contribution in [0.4, 0.5) is 0 Å². The summed E-state index contributed by atoms with van der Waals surface area (Å²) in [7, 11) is 0. The zero-order valence-corrected chi connectivity index (χ0v) is 12.2. The molecule has 106 valence electrons. The van der Waals surface area contributed by atoms with Gasteiger partial charge in [-0.1, -0.05) is 20.3 Å². The second-order valence-electron chi connectivity index (χ2n) is 6.24. The van der Waals surface area contributed by atoms with E-state index < -0.39 is 0 Å². The second-order valence-corrected chi connectivity index (χ2v) is 6.24. The minimum atomic E-state index is 0.385. The molecule has 0 amide bonds. The van der Waals surface area contributed by atoms with Crippen molar-refractivity contribution in [2.45, 2.75) is 58.1 Å². The Balaban J connectivity index is 1.58. The van der Waals surface area contributed by atoms with Crippen molar-refractivity contribution in [3.63, 3.8) is 0 Å². The van der Waals surface area contributed by atoms with Gasteiger partial charge in [-0.25, -0.2) is 0 Å². The third-order valence-corrected chi connectivity index (χ3v) is 4.12. The summed E-state index contributed by atoms with van der Waals surface area (Å²) >= 11 is 0. The molecule has 1 atom stereocenters. The van der Waals surface area contributed by atoms with Crippen LogP contribution in [0.5, 0.6) is 0 Å². The molecule has 1 aliphatic heterocycles. The highest BCUT2D eigenvalue weighted by molar-refractivity contribution is 4.82. The molecule has 1 heterocycles. The Kier molecular flexibility index (Phi) is 5.93. The molecule has 1 N–H and O–H groups in total. The van der Waals surface area contributed by atoms with Crippen molar-refractivity contribution < 1.29 is 4.74 Å². The third kappa shape index (κ3) is 5.25. The Hall–Kier alpha value is -0.120. The van der Waals surface area contributed by atoms with E-state index >= 15 is 0 Å². The van der Waals surface area contributed by atoms with E-state index in [0.717, 1.165) is 25.7 Å². The summed E-state index contributed by atoms with van der Waals surface area (Å²) in [6, 6.07) is 0.789. The zero-order valence-electron chi connectivity index (χ0n) is 12.2. The van der Waals surface area contributed by atoms with Crippen LogP contribution in [0.2, 0.25) is 0 Å². The summed E-state index contributed by atoms with van der Waals surface area (Å²) in [5, 5.41) is 3.59. The van der Waals surface area contributed by atoms with Gasteiger partial charge in [-0.2, -0.15) is 0 Å². The van der Waals surface area contributed by atoms with Gasteiger partial charge in [-0.15, -0.1) is 0 Å². The highest BCUT2D eigenvalue weighted by atomic mass is 16.5. The minimum absolute atomic E-state index is 0.385. The summed E-state index contributed by atoms with van der Waals surface area (Å²) in [4.78, 5) is 2.55. The molecule has 0 spiro atoms. The van der Waals surface area contributed by atoms with Gasteiger partial charge in [0.05, 0.1) is 12.7 Å². The fourth-order valence-electron chi connectivity index (χ4n) is 2.57. The molecule has 2 aliphatic rings. The predicted octanol–water partition coefficient (Wildman–Crippen LogP) is 2.27. The molecule has 3 nitrogen and oxygen atoms in total. The lowest BCUT2D eigenvalue weighted by molar-refractivity contribution is 0.00889. The zero-order chi connectivity index (χ0) is 12.8. The number of hydrogen-bond acceptors (Lipinski definition) is 3. The second kappa shape index (κ2) is 7.46. The first-order valence-corrected chi connectivity index (χ1v) is 7.83. The van der Waals surface area contributed by atoms with Gasteiger partial charge in [0.15, 0.2) is 0 Å². The van der Waals surface area contributed by atoms with Gasteiger partial charge in [-0.05, 0) is 44.7 Å². The molecule has 0 aromatic rings. The van der Waals surface area contributed by atoms with E-state index in [1.165, 1.54) is 45.2 Å². The summed E-state index contributed by atoms with van der Waals surface area (Å²) < 4.78 is 6.08. The molecule has 18 heavy (non-hydrogen) atoms. The average molecular weight is 254 g/mol. The molecule has 0 radical (unpaired) electrons. The lowest BCUT2D eigenvalue weighted by Crippen LogP contribution is -2.38. The Morgan fingerprint density at radius 2 is 1.89 bits per heavy atom. The van der Waals surface area contributed by atoms with Crippen LogP contribution in [-0.2, 0) is 4.74 Å². The van der Waals surface area contributed by atoms with Crippen LogP contribution in [0.25, 0.3) is 0 Å². The van der Waals surface area contributed by atoms with E-state index in [-0.39, 0.29) is 0 Å². The first kappa shape index (κ1) is 14.3. The van der Waals surface area contributed by atoms with Crippen LogP contribution in [0, 0.1) is 5.92 Å². The third-order valence-electron chi connectivity index (χ3n) is 4.12. The lowest BCUT2D eigenvalue weighted by Gasteiger charge is -2.28. The molecule has 1 saturated heterocycles. The van der Waals surface area contributed by atoms with Crippen LogP contribution >= 0.6 is 0 Å². The van der Waals surface area contributed by atoms with Crippen LogP contribution in [0.15, 0.2) is 0 Å². The van der Waals surface area contributed by atoms with E-state index in [1.54, 1.807) is 0 Å². The molecule has 0 aromatic heterocycles. The number of ether oxygens (including phenoxy) is 1. The smallest absolute Gasteiger partial charge is 0.0723 e. The van der Waals surface area contributed by atoms with Gasteiger partial charge in [0.25, 0.3) is 0 Å². The van der Waals surface area contributed by atoms with Crippen LogP contribution in [-0.4, -0.2) is 49.8 Å². The Labute approximate surface area is 112 Å². The number of nitrogens with one attached hydrogen (secondary N) is 1. The Bertz CT molecular complexity index is 223. The molecule has 2 fully saturated rings. The van der Waals surface area contributed by atoms with Crippen molar-refractivity contribution in [3.05, 3.63) is 0 Å². The fourth-order valence-corrected chi connectivity index (χ4v) is 2.57. The summed E-state index contributed by atoms with van der Waals surface area (Å²) in [6.07, 6.45) is 7.26. The normalized spacial score (nSPS) is 23.5. The molecule has 1 unspecified atom stereocenters. The van der Waals surface area contributed by atoms with E-state index in [9.17, 15) is 0 Å². The topological polar surface area (TPSA) is 24.5 Å². The molecule has 0 aromatic carbocycles. The standard InChI is InChI=1S/C15H30N2O/c1-13(2)15(12-16-14-6-7-14)18-11-10-17-8-4-3-5-9-17/h13-16H,3-12H2,1-2H3. The van der Waals surface area contributed by atoms with E-state index in [2.05, 4.69) is 24.1 Å². The SMILES string of the molecule is CC(C)C(CNC1CC1)OCCN1CCCCC1. The fraction of sp³-hybridized carbons (Fsp3) is 1.00. The number of likely N-dealkylation sites (tertiary alicyclic amines) is 1. The van der Waals surface area contributed by atoms with Gasteiger partial charge in [0.2, 0.25) is 0 Å². The molecule has 0 bridgehead atoms. The first-order valence-electron chi connectivity index (χ1n) is 7.83. The van der Waals surface area contributed by atoms with Gasteiger partial charge in [0, 0.05) is 19.1 Å². The van der Waals surface area contributed by atoms with Crippen molar-refractivity contribution >= 4 is 0 Å². The molecular formula is C15H30N2O. The maximum absolute atomic E-state index is 6.08. The minimum Gasteiger partial charge on any atom is -0.375 e. The quantitative estimate of drug-likeness (QED) is 0.719. The van der Waals surface area contributed by atoms with E-state index in [4.69, 9.17) is 4.74 Å². The summed E-state index contributed by atoms with van der Waals surface area (Å²) in [5.74, 6) is 0.609. The maximum Gasteiger partial charge on any atom is 0.0723 e. The van der Waals surface area contributed by atoms with Crippen molar-refractivity contribution in [3.8, 4) is 0 Å². The lowest BCUT2D eigenvalue weighted by atomic mass is 10.1. The Morgan fingerprint density at radius 3 is 2.50 bits per heavy atom. The van der Waals surface area contributed by atoms with Crippen molar-refractivity contribution in [1.29, 1.82) is 0 Å². The number of nitrogens with zero attached hydrogens (tertiary/aromatic N) is 1. The van der Waals surface area contributed by atoms with Crippen LogP contribution in [0.1, 0.15) is 46.0 Å². The molecule has 1 aliphatic carbocycles. The van der Waals surface area contributed by atoms with Crippen molar-refractivity contribution in [1.82, 2.24) is 10.2 Å². The van der Waals surface area contributed by atoms with Crippen LogP contribution in [0.3, 0.4) is 0 Å². The average Bonchev–Trinajstić information content (AvgIpc) is 3.18. The molecule has 1 saturated carbocycles. The van der Waals surface area contributed by atoms with Gasteiger partial charge >= 0.3 is 0 Å². The van der Waals surface area contributed by atoms with Gasteiger partial charge in [0.1, 0.15) is 0 Å². The van der Waals surface area contributed by atoms with E-state index in [1.807, 2.05) is 0 Å². The largest absolute Gasteiger partial charge is 0.375 e. The Morgan fingerprint density at radius 1 is 1.17 bits per heavy atom. The molecule has 3 heteroatoms. The first-order chi connectivity index (χ1) is 8.75. The monoisotopic (exact) mass is 254 g/mol. The van der Waals surface area contributed by atoms with Crippen molar-refractivity contribution in [2.24, 2.45) is 5.92 Å². The highest BCUT2D eigenvalue weighted by Crippen LogP contribution is 2.19. The summed E-state index contributed by atoms with van der Waals surface area (Å²) in [6.45, 7) is 10.1. The molecular weight excluding hydrogens is 224 g/mol. The van der Waals surface area contributed by atoms with Crippen LogP contribution < -0.4 is 5.32 Å². The number of rotatable bonds is 8. The summed E-state index contributed by atoms with van der Waals surface area (Å²) in [5.41, 5.74) is 0. The molecule has 2 rings (SSSR count). The number of piperidine rings is 1.